The van der Waals surface area contributed by atoms with Crippen LogP contribution in [-0.2, 0) is 11.2 Å². The number of nitrogens with one attached hydrogen (secondary N) is 1. The van der Waals surface area contributed by atoms with Crippen molar-refractivity contribution in [1.82, 2.24) is 4.98 Å². The van der Waals surface area contributed by atoms with E-state index in [1.54, 1.807) is 0 Å². The van der Waals surface area contributed by atoms with Gasteiger partial charge < -0.3 is 14.8 Å². The van der Waals surface area contributed by atoms with Gasteiger partial charge in [0.25, 0.3) is 12.0 Å². The summed E-state index contributed by atoms with van der Waals surface area (Å²) in [7, 11) is 0. The minimum Gasteiger partial charge on any atom is -0.481 e. The molecule has 1 aromatic rings. The molecule has 0 fully saturated rings. The monoisotopic (exact) mass is 287 g/mol. The number of aromatic nitrogens is 1. The maximum atomic E-state index is 12.4. The number of hydrogen-bond acceptors (Lipinski definition) is 3. The third-order valence-corrected chi connectivity index (χ3v) is 1.90. The molecule has 1 heterocycles. The number of H-pyrrole nitrogens is 1. The molecular formula is C9H6F5NO4. The van der Waals surface area contributed by atoms with E-state index in [1.165, 1.54) is 4.98 Å². The Balaban J connectivity index is 3.31. The largest absolute Gasteiger partial charge is 0.573 e. The molecule has 5 nitrogen and oxygen atoms in total. The standard InChI is InChI=1S/C9H6F5NO4/c10-7(11)6-4(19-9(12,13)14)1-3(2-5(16)17)8(18)15-6/h1,7H,2H2,(H,15,18)(H,16,17). The highest BCUT2D eigenvalue weighted by molar-refractivity contribution is 5.70. The maximum Gasteiger partial charge on any atom is 0.573 e. The highest BCUT2D eigenvalue weighted by Gasteiger charge is 2.34. The molecular weight excluding hydrogens is 281 g/mol. The molecule has 10 heteroatoms. The highest BCUT2D eigenvalue weighted by atomic mass is 19.4. The van der Waals surface area contributed by atoms with E-state index in [0.717, 1.165) is 0 Å². The third-order valence-electron chi connectivity index (χ3n) is 1.90. The van der Waals surface area contributed by atoms with Gasteiger partial charge >= 0.3 is 12.3 Å². The average Bonchev–Trinajstić information content (AvgIpc) is 2.19. The number of hydrogen-bond donors (Lipinski definition) is 2. The molecule has 0 amide bonds. The number of halogens is 5. The van der Waals surface area contributed by atoms with E-state index in [9.17, 15) is 31.5 Å². The van der Waals surface area contributed by atoms with E-state index in [0.29, 0.717) is 6.07 Å². The average molecular weight is 287 g/mol. The Hall–Kier alpha value is -2.13. The van der Waals surface area contributed by atoms with Crippen molar-refractivity contribution < 1.29 is 36.6 Å². The van der Waals surface area contributed by atoms with Gasteiger partial charge in [-0.2, -0.15) is 0 Å². The molecule has 19 heavy (non-hydrogen) atoms. The summed E-state index contributed by atoms with van der Waals surface area (Å²) in [5.74, 6) is -2.84. The van der Waals surface area contributed by atoms with Crippen molar-refractivity contribution in [3.8, 4) is 5.75 Å². The Bertz CT molecular complexity index is 536. The lowest BCUT2D eigenvalue weighted by Gasteiger charge is -2.13. The lowest BCUT2D eigenvalue weighted by molar-refractivity contribution is -0.275. The van der Waals surface area contributed by atoms with E-state index >= 15 is 0 Å². The topological polar surface area (TPSA) is 79.4 Å². The molecule has 0 bridgehead atoms. The highest BCUT2D eigenvalue weighted by Crippen LogP contribution is 2.31. The van der Waals surface area contributed by atoms with Crippen LogP contribution in [0.25, 0.3) is 0 Å². The van der Waals surface area contributed by atoms with Crippen molar-refractivity contribution >= 4 is 5.97 Å². The number of pyridine rings is 1. The normalized spacial score (nSPS) is 11.7. The number of alkyl halides is 5. The lowest BCUT2D eigenvalue weighted by atomic mass is 10.2. The van der Waals surface area contributed by atoms with Gasteiger partial charge in [0.15, 0.2) is 5.75 Å². The first kappa shape index (κ1) is 14.9. The third kappa shape index (κ3) is 4.23. The molecule has 0 aliphatic heterocycles. The van der Waals surface area contributed by atoms with Crippen LogP contribution in [0, 0.1) is 0 Å². The van der Waals surface area contributed by atoms with E-state index < -0.39 is 47.7 Å². The van der Waals surface area contributed by atoms with Crippen LogP contribution in [0.1, 0.15) is 17.7 Å². The van der Waals surface area contributed by atoms with Crippen molar-refractivity contribution in [3.63, 3.8) is 0 Å². The van der Waals surface area contributed by atoms with Gasteiger partial charge in [-0.15, -0.1) is 13.2 Å². The molecule has 0 aliphatic rings. The van der Waals surface area contributed by atoms with Crippen LogP contribution in [0.3, 0.4) is 0 Å². The Morgan fingerprint density at radius 3 is 2.42 bits per heavy atom. The predicted molar refractivity (Wildman–Crippen MR) is 50.0 cm³/mol. The summed E-state index contributed by atoms with van der Waals surface area (Å²) in [5, 5.41) is 8.43. The molecule has 0 spiro atoms. The summed E-state index contributed by atoms with van der Waals surface area (Å²) in [4.78, 5) is 23.1. The fraction of sp³-hybridized carbons (Fsp3) is 0.333. The zero-order chi connectivity index (χ0) is 14.8. The molecule has 0 saturated heterocycles. The molecule has 106 valence electrons. The lowest BCUT2D eigenvalue weighted by Crippen LogP contribution is -2.23. The molecule has 1 aromatic heterocycles. The Morgan fingerprint density at radius 2 is 2.00 bits per heavy atom. The summed E-state index contributed by atoms with van der Waals surface area (Å²) in [6.07, 6.45) is -9.58. The van der Waals surface area contributed by atoms with Crippen molar-refractivity contribution in [3.05, 3.63) is 27.7 Å². The van der Waals surface area contributed by atoms with Crippen molar-refractivity contribution in [2.45, 2.75) is 19.2 Å². The summed E-state index contributed by atoms with van der Waals surface area (Å²) in [6, 6.07) is 0.335. The molecule has 0 saturated carbocycles. The molecule has 1 rings (SSSR count). The molecule has 0 unspecified atom stereocenters. The number of aromatic amines is 1. The second-order valence-corrected chi connectivity index (χ2v) is 3.32. The number of carbonyl (C=O) groups is 1. The van der Waals surface area contributed by atoms with Crippen LogP contribution >= 0.6 is 0 Å². The van der Waals surface area contributed by atoms with Crippen LogP contribution in [0.4, 0.5) is 22.0 Å². The second kappa shape index (κ2) is 5.24. The number of ether oxygens (including phenoxy) is 1. The summed E-state index contributed by atoms with van der Waals surface area (Å²) in [5.41, 5.74) is -3.21. The van der Waals surface area contributed by atoms with Crippen molar-refractivity contribution in [2.24, 2.45) is 0 Å². The van der Waals surface area contributed by atoms with Crippen molar-refractivity contribution in [2.75, 3.05) is 0 Å². The summed E-state index contributed by atoms with van der Waals surface area (Å²) in [6.45, 7) is 0. The summed E-state index contributed by atoms with van der Waals surface area (Å²) < 4.78 is 64.2. The first-order valence-electron chi connectivity index (χ1n) is 4.62. The van der Waals surface area contributed by atoms with E-state index in [4.69, 9.17) is 5.11 Å². The Labute approximate surface area is 101 Å². The predicted octanol–water partition coefficient (Wildman–Crippen LogP) is 1.84. The van der Waals surface area contributed by atoms with Gasteiger partial charge in [0.05, 0.1) is 6.42 Å². The van der Waals surface area contributed by atoms with Crippen LogP contribution in [0.2, 0.25) is 0 Å². The number of carboxylic acid groups (broad SMARTS) is 1. The van der Waals surface area contributed by atoms with Gasteiger partial charge in [-0.25, -0.2) is 8.78 Å². The van der Waals surface area contributed by atoms with E-state index in [-0.39, 0.29) is 0 Å². The second-order valence-electron chi connectivity index (χ2n) is 3.32. The zero-order valence-electron chi connectivity index (χ0n) is 8.92. The Kier molecular flexibility index (Phi) is 4.12. The van der Waals surface area contributed by atoms with Gasteiger partial charge in [0.1, 0.15) is 5.69 Å². The first-order valence-corrected chi connectivity index (χ1v) is 4.62. The number of aliphatic carboxylic acids is 1. The molecule has 0 aromatic carbocycles. The number of carboxylic acids is 1. The van der Waals surface area contributed by atoms with E-state index in [2.05, 4.69) is 4.74 Å². The Morgan fingerprint density at radius 1 is 1.42 bits per heavy atom. The van der Waals surface area contributed by atoms with Crippen LogP contribution in [0.5, 0.6) is 5.75 Å². The van der Waals surface area contributed by atoms with Gasteiger partial charge in [0.2, 0.25) is 0 Å². The van der Waals surface area contributed by atoms with Gasteiger partial charge in [-0.05, 0) is 6.07 Å². The van der Waals surface area contributed by atoms with Gasteiger partial charge in [-0.1, -0.05) is 0 Å². The molecule has 2 N–H and O–H groups in total. The molecule has 0 radical (unpaired) electrons. The number of rotatable bonds is 4. The fourth-order valence-corrected chi connectivity index (χ4v) is 1.23. The van der Waals surface area contributed by atoms with Gasteiger partial charge in [-0.3, -0.25) is 9.59 Å². The van der Waals surface area contributed by atoms with Crippen LogP contribution in [0.15, 0.2) is 10.9 Å². The van der Waals surface area contributed by atoms with Crippen molar-refractivity contribution in [1.29, 1.82) is 0 Å². The zero-order valence-corrected chi connectivity index (χ0v) is 8.92. The van der Waals surface area contributed by atoms with E-state index in [1.807, 2.05) is 0 Å². The fourth-order valence-electron chi connectivity index (χ4n) is 1.23. The maximum absolute atomic E-state index is 12.4. The quantitative estimate of drug-likeness (QED) is 0.828. The molecule has 0 aliphatic carbocycles. The molecule has 0 atom stereocenters. The minimum atomic E-state index is -5.25. The minimum absolute atomic E-state index is 0.335. The summed E-state index contributed by atoms with van der Waals surface area (Å²) >= 11 is 0. The van der Waals surface area contributed by atoms with Crippen LogP contribution < -0.4 is 10.3 Å². The van der Waals surface area contributed by atoms with Gasteiger partial charge in [0, 0.05) is 5.56 Å². The SMILES string of the molecule is O=C(O)Cc1cc(OC(F)(F)F)c(C(F)F)[nH]c1=O. The smallest absolute Gasteiger partial charge is 0.481 e. The van der Waals surface area contributed by atoms with Crippen LogP contribution in [-0.4, -0.2) is 22.4 Å². The first-order chi connectivity index (χ1) is 8.60.